The van der Waals surface area contributed by atoms with Gasteiger partial charge in [0.15, 0.2) is 0 Å². The highest BCUT2D eigenvalue weighted by Gasteiger charge is 2.44. The third-order valence-corrected chi connectivity index (χ3v) is 4.33. The molecule has 0 aromatic heterocycles. The fraction of sp³-hybridized carbons (Fsp3) is 0.800. The molecule has 0 heterocycles. The molecule has 0 aliphatic rings. The minimum atomic E-state index is -1.08. The number of hydrogen-bond donors (Lipinski definition) is 2. The summed E-state index contributed by atoms with van der Waals surface area (Å²) in [5, 5.41) is 18.1. The van der Waals surface area contributed by atoms with Gasteiger partial charge in [-0.2, -0.15) is 0 Å². The van der Waals surface area contributed by atoms with Gasteiger partial charge in [-0.3, -0.25) is 9.59 Å². The van der Waals surface area contributed by atoms with Crippen LogP contribution >= 0.6 is 11.8 Å². The zero-order chi connectivity index (χ0) is 12.3. The Bertz CT molecular complexity index is 256. The molecule has 2 N–H and O–H groups in total. The lowest BCUT2D eigenvalue weighted by Crippen LogP contribution is -2.41. The quantitative estimate of drug-likeness (QED) is 0.737. The van der Waals surface area contributed by atoms with Crippen molar-refractivity contribution in [3.8, 4) is 0 Å². The van der Waals surface area contributed by atoms with E-state index >= 15 is 0 Å². The van der Waals surface area contributed by atoms with Crippen LogP contribution in [0.3, 0.4) is 0 Å². The number of carboxylic acid groups (broad SMARTS) is 2. The van der Waals surface area contributed by atoms with Gasteiger partial charge < -0.3 is 10.2 Å². The van der Waals surface area contributed by atoms with Crippen LogP contribution in [0.5, 0.6) is 0 Å². The second-order valence-electron chi connectivity index (χ2n) is 3.92. The summed E-state index contributed by atoms with van der Waals surface area (Å²) in [5.74, 6) is -1.92. The van der Waals surface area contributed by atoms with Crippen molar-refractivity contribution in [2.45, 2.75) is 50.0 Å². The standard InChI is InChI=1S/C10H18O4S/c1-5-10(6-2,8(13)14)15-9(3,4)7(11)12/h5-6H2,1-4H3,(H,11,12)(H,13,14). The number of carboxylic acids is 2. The SMILES string of the molecule is CCC(CC)(SC(C)(C)C(=O)O)C(=O)O. The third-order valence-electron chi connectivity index (χ3n) is 2.50. The molecule has 0 radical (unpaired) electrons. The number of aliphatic carboxylic acids is 2. The van der Waals surface area contributed by atoms with E-state index in [0.29, 0.717) is 12.8 Å². The molecule has 0 saturated heterocycles. The fourth-order valence-electron chi connectivity index (χ4n) is 1.27. The molecule has 0 atom stereocenters. The Kier molecular flexibility index (Phi) is 4.65. The highest BCUT2D eigenvalue weighted by Crippen LogP contribution is 2.41. The summed E-state index contributed by atoms with van der Waals surface area (Å²) in [5.41, 5.74) is 0. The van der Waals surface area contributed by atoms with Crippen molar-refractivity contribution in [3.63, 3.8) is 0 Å². The highest BCUT2D eigenvalue weighted by molar-refractivity contribution is 8.03. The van der Waals surface area contributed by atoms with Crippen LogP contribution in [0.25, 0.3) is 0 Å². The molecule has 0 bridgehead atoms. The Labute approximate surface area is 94.1 Å². The van der Waals surface area contributed by atoms with Crippen molar-refractivity contribution in [1.29, 1.82) is 0 Å². The largest absolute Gasteiger partial charge is 0.480 e. The van der Waals surface area contributed by atoms with Crippen LogP contribution in [0.2, 0.25) is 0 Å². The van der Waals surface area contributed by atoms with E-state index in [-0.39, 0.29) is 0 Å². The van der Waals surface area contributed by atoms with E-state index in [1.54, 1.807) is 13.8 Å². The Balaban J connectivity index is 4.99. The molecule has 0 aliphatic heterocycles. The fourth-order valence-corrected chi connectivity index (χ4v) is 2.71. The molecule has 5 heteroatoms. The van der Waals surface area contributed by atoms with Crippen molar-refractivity contribution in [2.75, 3.05) is 0 Å². The van der Waals surface area contributed by atoms with Gasteiger partial charge in [-0.15, -0.1) is 11.8 Å². The Morgan fingerprint density at radius 3 is 1.67 bits per heavy atom. The summed E-state index contributed by atoms with van der Waals surface area (Å²) in [4.78, 5) is 22.1. The number of thioether (sulfide) groups is 1. The van der Waals surface area contributed by atoms with E-state index in [1.807, 2.05) is 0 Å². The first-order valence-electron chi connectivity index (χ1n) is 4.89. The van der Waals surface area contributed by atoms with Gasteiger partial charge >= 0.3 is 11.9 Å². The molecule has 0 unspecified atom stereocenters. The first-order chi connectivity index (χ1) is 6.72. The zero-order valence-electron chi connectivity index (χ0n) is 9.53. The van der Waals surface area contributed by atoms with E-state index in [4.69, 9.17) is 10.2 Å². The maximum atomic E-state index is 11.2. The van der Waals surface area contributed by atoms with Gasteiger partial charge in [-0.25, -0.2) is 0 Å². The van der Waals surface area contributed by atoms with Crippen LogP contribution in [-0.2, 0) is 9.59 Å². The first-order valence-corrected chi connectivity index (χ1v) is 5.70. The van der Waals surface area contributed by atoms with Crippen molar-refractivity contribution in [1.82, 2.24) is 0 Å². The van der Waals surface area contributed by atoms with Crippen LogP contribution in [0.4, 0.5) is 0 Å². The summed E-state index contributed by atoms with van der Waals surface area (Å²) in [6.45, 7) is 6.59. The van der Waals surface area contributed by atoms with Gasteiger partial charge in [0, 0.05) is 0 Å². The molecule has 0 fully saturated rings. The number of hydrogen-bond acceptors (Lipinski definition) is 3. The van der Waals surface area contributed by atoms with E-state index in [1.165, 1.54) is 13.8 Å². The number of carbonyl (C=O) groups is 2. The topological polar surface area (TPSA) is 74.6 Å². The smallest absolute Gasteiger partial charge is 0.319 e. The average Bonchev–Trinajstić information content (AvgIpc) is 2.13. The van der Waals surface area contributed by atoms with Gasteiger partial charge in [-0.1, -0.05) is 13.8 Å². The van der Waals surface area contributed by atoms with Gasteiger partial charge in [0.1, 0.15) is 9.49 Å². The molecule has 88 valence electrons. The molecule has 0 aromatic rings. The molecular formula is C10H18O4S. The normalized spacial score (nSPS) is 12.5. The Morgan fingerprint density at radius 1 is 1.07 bits per heavy atom. The minimum Gasteiger partial charge on any atom is -0.480 e. The van der Waals surface area contributed by atoms with Gasteiger partial charge in [0.2, 0.25) is 0 Å². The van der Waals surface area contributed by atoms with Crippen molar-refractivity contribution < 1.29 is 19.8 Å². The Morgan fingerprint density at radius 2 is 1.47 bits per heavy atom. The van der Waals surface area contributed by atoms with Gasteiger partial charge in [-0.05, 0) is 26.7 Å². The summed E-state index contributed by atoms with van der Waals surface area (Å²) >= 11 is 1.01. The predicted molar refractivity (Wildman–Crippen MR) is 60.3 cm³/mol. The van der Waals surface area contributed by atoms with Crippen LogP contribution in [0.15, 0.2) is 0 Å². The van der Waals surface area contributed by atoms with Crippen molar-refractivity contribution in [2.24, 2.45) is 0 Å². The van der Waals surface area contributed by atoms with Crippen LogP contribution in [0.1, 0.15) is 40.5 Å². The molecule has 0 saturated carbocycles. The molecule has 0 spiro atoms. The van der Waals surface area contributed by atoms with Crippen LogP contribution in [0, 0.1) is 0 Å². The third kappa shape index (κ3) is 3.12. The lowest BCUT2D eigenvalue weighted by atomic mass is 10.0. The van der Waals surface area contributed by atoms with E-state index in [0.717, 1.165) is 11.8 Å². The molecule has 0 rings (SSSR count). The lowest BCUT2D eigenvalue weighted by Gasteiger charge is -2.32. The van der Waals surface area contributed by atoms with Crippen LogP contribution < -0.4 is 0 Å². The predicted octanol–water partition coefficient (Wildman–Crippen LogP) is 2.23. The molecular weight excluding hydrogens is 216 g/mol. The van der Waals surface area contributed by atoms with Gasteiger partial charge in [0.05, 0.1) is 0 Å². The maximum absolute atomic E-state index is 11.2. The summed E-state index contributed by atoms with van der Waals surface area (Å²) in [6, 6.07) is 0. The van der Waals surface area contributed by atoms with E-state index in [2.05, 4.69) is 0 Å². The van der Waals surface area contributed by atoms with Crippen molar-refractivity contribution in [3.05, 3.63) is 0 Å². The molecule has 15 heavy (non-hydrogen) atoms. The first kappa shape index (κ1) is 14.3. The monoisotopic (exact) mass is 234 g/mol. The highest BCUT2D eigenvalue weighted by atomic mass is 32.2. The summed E-state index contributed by atoms with van der Waals surface area (Å²) in [6.07, 6.45) is 0.834. The Hall–Kier alpha value is -0.710. The number of rotatable bonds is 6. The van der Waals surface area contributed by atoms with Crippen LogP contribution in [-0.4, -0.2) is 31.6 Å². The molecule has 0 aromatic carbocycles. The van der Waals surface area contributed by atoms with E-state index in [9.17, 15) is 9.59 Å². The molecule has 0 amide bonds. The van der Waals surface area contributed by atoms with E-state index < -0.39 is 21.4 Å². The summed E-state index contributed by atoms with van der Waals surface area (Å²) < 4.78 is -2.08. The van der Waals surface area contributed by atoms with Crippen molar-refractivity contribution >= 4 is 23.7 Å². The zero-order valence-corrected chi connectivity index (χ0v) is 10.3. The average molecular weight is 234 g/mol. The van der Waals surface area contributed by atoms with Gasteiger partial charge in [0.25, 0.3) is 0 Å². The maximum Gasteiger partial charge on any atom is 0.319 e. The second kappa shape index (κ2) is 4.88. The second-order valence-corrected chi connectivity index (χ2v) is 5.93. The summed E-state index contributed by atoms with van der Waals surface area (Å²) in [7, 11) is 0. The lowest BCUT2D eigenvalue weighted by molar-refractivity contribution is -0.140. The minimum absolute atomic E-state index is 0.417. The molecule has 0 aliphatic carbocycles. The molecule has 4 nitrogen and oxygen atoms in total.